The minimum atomic E-state index is -0.0317. The molecule has 2 aliphatic rings. The SMILES string of the molecule is CC1CC2C(O)CC2c2ccccc21. The molecule has 2 aliphatic carbocycles. The molecular weight excluding hydrogens is 172 g/mol. The van der Waals surface area contributed by atoms with Gasteiger partial charge in [0.2, 0.25) is 0 Å². The maximum atomic E-state index is 9.69. The van der Waals surface area contributed by atoms with Crippen LogP contribution in [0, 0.1) is 5.92 Å². The third-order valence-electron chi connectivity index (χ3n) is 4.06. The second kappa shape index (κ2) is 2.83. The third-order valence-corrected chi connectivity index (χ3v) is 4.06. The highest BCUT2D eigenvalue weighted by atomic mass is 16.3. The van der Waals surface area contributed by atoms with Crippen LogP contribution in [0.2, 0.25) is 0 Å². The van der Waals surface area contributed by atoms with Crippen LogP contribution in [-0.2, 0) is 0 Å². The first-order valence-electron chi connectivity index (χ1n) is 5.54. The summed E-state index contributed by atoms with van der Waals surface area (Å²) in [6.07, 6.45) is 2.12. The molecule has 3 rings (SSSR count). The monoisotopic (exact) mass is 188 g/mol. The van der Waals surface area contributed by atoms with Crippen molar-refractivity contribution in [2.24, 2.45) is 5.92 Å². The van der Waals surface area contributed by atoms with E-state index in [1.165, 1.54) is 17.5 Å². The van der Waals surface area contributed by atoms with Gasteiger partial charge in [-0.2, -0.15) is 0 Å². The molecule has 0 spiro atoms. The van der Waals surface area contributed by atoms with Gasteiger partial charge in [-0.1, -0.05) is 31.2 Å². The van der Waals surface area contributed by atoms with Crippen molar-refractivity contribution in [3.05, 3.63) is 35.4 Å². The van der Waals surface area contributed by atoms with Crippen LogP contribution in [-0.4, -0.2) is 11.2 Å². The number of hydrogen-bond donors (Lipinski definition) is 1. The van der Waals surface area contributed by atoms with Gasteiger partial charge in [-0.25, -0.2) is 0 Å². The highest BCUT2D eigenvalue weighted by Crippen LogP contribution is 2.52. The topological polar surface area (TPSA) is 20.2 Å². The Morgan fingerprint density at radius 3 is 2.57 bits per heavy atom. The molecule has 0 aromatic heterocycles. The highest BCUT2D eigenvalue weighted by molar-refractivity contribution is 5.38. The summed E-state index contributed by atoms with van der Waals surface area (Å²) >= 11 is 0. The summed E-state index contributed by atoms with van der Waals surface area (Å²) in [6.45, 7) is 2.28. The van der Waals surface area contributed by atoms with E-state index in [1.54, 1.807) is 0 Å². The van der Waals surface area contributed by atoms with E-state index in [4.69, 9.17) is 0 Å². The number of hydrogen-bond acceptors (Lipinski definition) is 1. The molecular formula is C13H16O. The molecule has 1 saturated carbocycles. The lowest BCUT2D eigenvalue weighted by Crippen LogP contribution is -2.43. The lowest BCUT2D eigenvalue weighted by Gasteiger charge is -2.48. The fraction of sp³-hybridized carbons (Fsp3) is 0.538. The van der Waals surface area contributed by atoms with Gasteiger partial charge in [-0.05, 0) is 41.7 Å². The highest BCUT2D eigenvalue weighted by Gasteiger charge is 2.45. The van der Waals surface area contributed by atoms with Gasteiger partial charge < -0.3 is 5.11 Å². The summed E-state index contributed by atoms with van der Waals surface area (Å²) in [7, 11) is 0. The molecule has 1 aromatic carbocycles. The van der Waals surface area contributed by atoms with E-state index < -0.39 is 0 Å². The molecule has 1 aromatic rings. The van der Waals surface area contributed by atoms with Crippen molar-refractivity contribution in [2.75, 3.05) is 0 Å². The molecule has 4 atom stereocenters. The normalized spacial score (nSPS) is 39.6. The predicted molar refractivity (Wildman–Crippen MR) is 56.3 cm³/mol. The van der Waals surface area contributed by atoms with E-state index >= 15 is 0 Å². The molecule has 0 bridgehead atoms. The fourth-order valence-corrected chi connectivity index (χ4v) is 3.19. The number of aliphatic hydroxyl groups is 1. The molecule has 1 fully saturated rings. The van der Waals surface area contributed by atoms with Gasteiger partial charge in [-0.3, -0.25) is 0 Å². The molecule has 0 saturated heterocycles. The van der Waals surface area contributed by atoms with Gasteiger partial charge in [0.25, 0.3) is 0 Å². The van der Waals surface area contributed by atoms with Crippen molar-refractivity contribution in [1.29, 1.82) is 0 Å². The molecule has 0 heterocycles. The molecule has 1 N–H and O–H groups in total. The molecule has 74 valence electrons. The van der Waals surface area contributed by atoms with Crippen LogP contribution in [0.5, 0.6) is 0 Å². The van der Waals surface area contributed by atoms with E-state index in [0.29, 0.717) is 17.8 Å². The van der Waals surface area contributed by atoms with Crippen molar-refractivity contribution >= 4 is 0 Å². The van der Waals surface area contributed by atoms with Crippen molar-refractivity contribution in [3.63, 3.8) is 0 Å². The van der Waals surface area contributed by atoms with Crippen LogP contribution < -0.4 is 0 Å². The summed E-state index contributed by atoms with van der Waals surface area (Å²) in [4.78, 5) is 0. The average molecular weight is 188 g/mol. The molecule has 0 amide bonds. The molecule has 4 unspecified atom stereocenters. The van der Waals surface area contributed by atoms with Crippen LogP contribution in [0.4, 0.5) is 0 Å². The van der Waals surface area contributed by atoms with Gasteiger partial charge in [0, 0.05) is 0 Å². The first-order chi connectivity index (χ1) is 6.77. The maximum Gasteiger partial charge on any atom is 0.0580 e. The zero-order chi connectivity index (χ0) is 9.71. The first-order valence-corrected chi connectivity index (χ1v) is 5.54. The Hall–Kier alpha value is -0.820. The predicted octanol–water partition coefficient (Wildman–Crippen LogP) is 2.66. The lowest BCUT2D eigenvalue weighted by atomic mass is 9.59. The summed E-state index contributed by atoms with van der Waals surface area (Å²) < 4.78 is 0. The second-order valence-corrected chi connectivity index (χ2v) is 4.84. The van der Waals surface area contributed by atoms with Crippen molar-refractivity contribution < 1.29 is 5.11 Å². The number of fused-ring (bicyclic) bond motifs is 3. The molecule has 0 radical (unpaired) electrons. The van der Waals surface area contributed by atoms with Crippen LogP contribution >= 0.6 is 0 Å². The zero-order valence-electron chi connectivity index (χ0n) is 8.48. The average Bonchev–Trinajstić information content (AvgIpc) is 2.21. The molecule has 14 heavy (non-hydrogen) atoms. The van der Waals surface area contributed by atoms with Crippen LogP contribution in [0.3, 0.4) is 0 Å². The number of rotatable bonds is 0. The minimum Gasteiger partial charge on any atom is -0.393 e. The Morgan fingerprint density at radius 2 is 1.86 bits per heavy atom. The van der Waals surface area contributed by atoms with E-state index in [9.17, 15) is 5.11 Å². The van der Waals surface area contributed by atoms with Crippen LogP contribution in [0.1, 0.15) is 42.7 Å². The van der Waals surface area contributed by atoms with Crippen LogP contribution in [0.15, 0.2) is 24.3 Å². The smallest absolute Gasteiger partial charge is 0.0580 e. The van der Waals surface area contributed by atoms with E-state index in [-0.39, 0.29) is 6.10 Å². The zero-order valence-corrected chi connectivity index (χ0v) is 8.48. The quantitative estimate of drug-likeness (QED) is 0.663. The summed E-state index contributed by atoms with van der Waals surface area (Å²) in [5, 5.41) is 9.69. The number of aliphatic hydroxyl groups excluding tert-OH is 1. The van der Waals surface area contributed by atoms with Crippen LogP contribution in [0.25, 0.3) is 0 Å². The Balaban J connectivity index is 2.05. The summed E-state index contributed by atoms with van der Waals surface area (Å²) in [5.41, 5.74) is 3.02. The summed E-state index contributed by atoms with van der Waals surface area (Å²) in [6, 6.07) is 8.75. The van der Waals surface area contributed by atoms with E-state index in [2.05, 4.69) is 31.2 Å². The van der Waals surface area contributed by atoms with Gasteiger partial charge in [0.1, 0.15) is 0 Å². The van der Waals surface area contributed by atoms with Gasteiger partial charge in [0.05, 0.1) is 6.10 Å². The first kappa shape index (κ1) is 8.49. The Kier molecular flexibility index (Phi) is 1.72. The van der Waals surface area contributed by atoms with E-state index in [0.717, 1.165) is 6.42 Å². The van der Waals surface area contributed by atoms with Gasteiger partial charge >= 0.3 is 0 Å². The Bertz CT molecular complexity index is 358. The van der Waals surface area contributed by atoms with Crippen molar-refractivity contribution in [1.82, 2.24) is 0 Å². The van der Waals surface area contributed by atoms with E-state index in [1.807, 2.05) is 0 Å². The molecule has 1 heteroatoms. The summed E-state index contributed by atoms with van der Waals surface area (Å²) in [5.74, 6) is 1.82. The fourth-order valence-electron chi connectivity index (χ4n) is 3.19. The van der Waals surface area contributed by atoms with Gasteiger partial charge in [-0.15, -0.1) is 0 Å². The second-order valence-electron chi connectivity index (χ2n) is 4.84. The minimum absolute atomic E-state index is 0.0317. The molecule has 1 nitrogen and oxygen atoms in total. The van der Waals surface area contributed by atoms with Crippen molar-refractivity contribution in [3.8, 4) is 0 Å². The van der Waals surface area contributed by atoms with Crippen molar-refractivity contribution in [2.45, 2.75) is 37.7 Å². The molecule has 0 aliphatic heterocycles. The van der Waals surface area contributed by atoms with Gasteiger partial charge in [0.15, 0.2) is 0 Å². The maximum absolute atomic E-state index is 9.69. The largest absolute Gasteiger partial charge is 0.393 e. The lowest BCUT2D eigenvalue weighted by molar-refractivity contribution is -0.0124. The standard InChI is InChI=1S/C13H16O/c1-8-6-12-11(7-13(12)14)10-5-3-2-4-9(8)10/h2-5,8,11-14H,6-7H2,1H3. The number of benzene rings is 1. The Morgan fingerprint density at radius 1 is 1.14 bits per heavy atom. The Labute approximate surface area is 84.8 Å². The third kappa shape index (κ3) is 0.992.